The number of fused-ring (bicyclic) bond motifs is 1. The third kappa shape index (κ3) is 4.04. The summed E-state index contributed by atoms with van der Waals surface area (Å²) in [7, 11) is 0. The number of β-amino-alcohol motifs (C(OH)–C–C–N with tert-alkyl or cyclic N) is 1. The van der Waals surface area contributed by atoms with Gasteiger partial charge in [0.05, 0.1) is 12.6 Å². The van der Waals surface area contributed by atoms with Crippen LogP contribution in [0.2, 0.25) is 0 Å². The van der Waals surface area contributed by atoms with Crippen molar-refractivity contribution in [3.05, 3.63) is 66.4 Å². The maximum atomic E-state index is 9.98. The summed E-state index contributed by atoms with van der Waals surface area (Å²) in [6, 6.07) is 9.90. The van der Waals surface area contributed by atoms with E-state index in [-0.39, 0.29) is 12.6 Å². The third-order valence-corrected chi connectivity index (χ3v) is 7.13. The van der Waals surface area contributed by atoms with Crippen LogP contribution in [-0.2, 0) is 0 Å². The molecule has 8 heteroatoms. The van der Waals surface area contributed by atoms with Crippen molar-refractivity contribution in [1.29, 1.82) is 0 Å². The van der Waals surface area contributed by atoms with E-state index in [4.69, 9.17) is 15.4 Å². The van der Waals surface area contributed by atoms with Crippen LogP contribution in [0.4, 0.5) is 0 Å². The number of nitrogens with two attached hydrogens (primary N) is 1. The highest BCUT2D eigenvalue weighted by Gasteiger charge is 2.56. The Morgan fingerprint density at radius 1 is 1.27 bits per heavy atom. The Bertz CT molecular complexity index is 1110. The quantitative estimate of drug-likeness (QED) is 0.459. The summed E-state index contributed by atoms with van der Waals surface area (Å²) in [5.41, 5.74) is 10.0. The summed E-state index contributed by atoms with van der Waals surface area (Å²) < 4.78 is 7.48. The Labute approximate surface area is 193 Å². The molecule has 174 valence electrons. The second-order valence-corrected chi connectivity index (χ2v) is 9.18. The molecular weight excluding hydrogens is 418 g/mol. The molecule has 1 unspecified atom stereocenters. The highest BCUT2D eigenvalue weighted by molar-refractivity contribution is 5.71. The average molecular weight is 450 g/mol. The van der Waals surface area contributed by atoms with Gasteiger partial charge in [0.2, 0.25) is 0 Å². The first kappa shape index (κ1) is 22.0. The van der Waals surface area contributed by atoms with Crippen molar-refractivity contribution < 1.29 is 14.7 Å². The topological polar surface area (TPSA) is 114 Å². The minimum Gasteiger partial charge on any atom is -0.395 e. The van der Waals surface area contributed by atoms with Crippen molar-refractivity contribution in [2.75, 3.05) is 32.8 Å². The zero-order valence-corrected chi connectivity index (χ0v) is 18.8. The molecular formula is C25H31N5O3. The van der Waals surface area contributed by atoms with Crippen LogP contribution in [0.25, 0.3) is 16.9 Å². The van der Waals surface area contributed by atoms with Crippen LogP contribution in [0.1, 0.15) is 36.2 Å². The van der Waals surface area contributed by atoms with E-state index in [2.05, 4.69) is 33.8 Å². The van der Waals surface area contributed by atoms with Crippen LogP contribution < -0.4 is 5.73 Å². The van der Waals surface area contributed by atoms with E-state index < -0.39 is 6.10 Å². The summed E-state index contributed by atoms with van der Waals surface area (Å²) in [5, 5.41) is 23.4. The number of hydrogen-bond acceptors (Lipinski definition) is 7. The number of imidazole rings is 1. The van der Waals surface area contributed by atoms with E-state index in [0.717, 1.165) is 30.8 Å². The molecule has 1 aliphatic heterocycles. The van der Waals surface area contributed by atoms with E-state index in [1.165, 1.54) is 5.57 Å². The number of allylic oxidation sites excluding steroid dienone is 1. The van der Waals surface area contributed by atoms with Gasteiger partial charge in [0, 0.05) is 50.2 Å². The molecule has 5 rings (SSSR count). The number of nitrogens with zero attached hydrogens (tertiary/aromatic N) is 4. The molecule has 0 amide bonds. The minimum atomic E-state index is -0.704. The second-order valence-electron chi connectivity index (χ2n) is 9.18. The van der Waals surface area contributed by atoms with Crippen molar-refractivity contribution in [3.63, 3.8) is 0 Å². The van der Waals surface area contributed by atoms with Crippen LogP contribution in [0.15, 0.2) is 53.8 Å². The molecule has 2 fully saturated rings. The first-order valence-corrected chi connectivity index (χ1v) is 11.5. The van der Waals surface area contributed by atoms with Gasteiger partial charge in [-0.2, -0.15) is 0 Å². The molecule has 33 heavy (non-hydrogen) atoms. The number of aromatic nitrogens is 3. The summed E-state index contributed by atoms with van der Waals surface area (Å²) in [6.45, 7) is 9.48. The van der Waals surface area contributed by atoms with Gasteiger partial charge in [0.25, 0.3) is 0 Å². The molecule has 1 saturated heterocycles. The monoisotopic (exact) mass is 449 g/mol. The van der Waals surface area contributed by atoms with Crippen LogP contribution in [0, 0.1) is 17.8 Å². The number of rotatable bonds is 9. The fourth-order valence-electron chi connectivity index (χ4n) is 5.37. The summed E-state index contributed by atoms with van der Waals surface area (Å²) in [4.78, 5) is 6.57. The van der Waals surface area contributed by atoms with Crippen LogP contribution >= 0.6 is 0 Å². The average Bonchev–Trinajstić information content (AvgIpc) is 3.30. The first-order valence-electron chi connectivity index (χ1n) is 11.5. The van der Waals surface area contributed by atoms with Crippen molar-refractivity contribution in [3.8, 4) is 11.3 Å². The lowest BCUT2D eigenvalue weighted by Gasteiger charge is -2.18. The maximum Gasteiger partial charge on any atom is 0.167 e. The van der Waals surface area contributed by atoms with Crippen LogP contribution in [0.3, 0.4) is 0 Å². The van der Waals surface area contributed by atoms with Crippen molar-refractivity contribution >= 4 is 5.57 Å². The Kier molecular flexibility index (Phi) is 5.92. The van der Waals surface area contributed by atoms with Crippen LogP contribution in [0.5, 0.6) is 0 Å². The fourth-order valence-corrected chi connectivity index (χ4v) is 5.37. The Morgan fingerprint density at radius 2 is 2.00 bits per heavy atom. The van der Waals surface area contributed by atoms with Crippen molar-refractivity contribution in [1.82, 2.24) is 19.6 Å². The fraction of sp³-hybridized carbons (Fsp3) is 0.440. The summed E-state index contributed by atoms with van der Waals surface area (Å²) in [5.74, 6) is 3.10. The SMILES string of the molecule is C=C(c1ccc(-c2cc([C@@H](CN)n3ccnc3[C@H](C)O)no2)cc1)C1[C@H]2CN(CCO)C[C@@H]12. The standard InChI is InChI=1S/C25H31N5O3/c1-15(24-19-13-29(9-10-31)14-20(19)24)17-3-5-18(6-4-17)23-11-21(28-33-23)22(12-26)30-8-7-27-25(30)16(2)32/h3-8,11,16,19-20,22,24,31-32H,1,9-10,12-14,26H2,2H3/t16-,19-,20+,22+,24?/m0/s1. The van der Waals surface area contributed by atoms with Gasteiger partial charge in [-0.05, 0) is 35.8 Å². The highest BCUT2D eigenvalue weighted by Crippen LogP contribution is 2.57. The zero-order chi connectivity index (χ0) is 23.1. The lowest BCUT2D eigenvalue weighted by molar-refractivity contribution is 0.182. The predicted octanol–water partition coefficient (Wildman–Crippen LogP) is 2.32. The van der Waals surface area contributed by atoms with E-state index >= 15 is 0 Å². The number of aliphatic hydroxyl groups excluding tert-OH is 2. The van der Waals surface area contributed by atoms with Gasteiger partial charge in [0.1, 0.15) is 17.6 Å². The maximum absolute atomic E-state index is 9.98. The van der Waals surface area contributed by atoms with E-state index in [1.807, 2.05) is 22.8 Å². The highest BCUT2D eigenvalue weighted by atomic mass is 16.5. The Hall–Kier alpha value is -2.78. The van der Waals surface area contributed by atoms with Gasteiger partial charge < -0.3 is 29.9 Å². The zero-order valence-electron chi connectivity index (χ0n) is 18.8. The minimum absolute atomic E-state index is 0.228. The molecule has 0 radical (unpaired) electrons. The molecule has 5 atom stereocenters. The number of piperidine rings is 1. The number of benzene rings is 1. The largest absolute Gasteiger partial charge is 0.395 e. The molecule has 2 aliphatic rings. The second kappa shape index (κ2) is 8.87. The van der Waals surface area contributed by atoms with Gasteiger partial charge in [-0.15, -0.1) is 0 Å². The predicted molar refractivity (Wildman–Crippen MR) is 125 cm³/mol. The molecule has 2 aromatic heterocycles. The van der Waals surface area contributed by atoms with E-state index in [1.54, 1.807) is 19.3 Å². The molecule has 3 aromatic rings. The number of likely N-dealkylation sites (tertiary alicyclic amines) is 1. The van der Waals surface area contributed by atoms with Gasteiger partial charge in [0.15, 0.2) is 5.76 Å². The van der Waals surface area contributed by atoms with Gasteiger partial charge >= 0.3 is 0 Å². The lowest BCUT2D eigenvalue weighted by atomic mass is 9.98. The molecule has 0 bridgehead atoms. The Balaban J connectivity index is 1.28. The third-order valence-electron chi connectivity index (χ3n) is 7.13. The van der Waals surface area contributed by atoms with Gasteiger partial charge in [-0.3, -0.25) is 0 Å². The Morgan fingerprint density at radius 3 is 2.64 bits per heavy atom. The normalized spacial score (nSPS) is 23.9. The number of hydrogen-bond donors (Lipinski definition) is 3. The molecule has 3 heterocycles. The molecule has 1 saturated carbocycles. The van der Waals surface area contributed by atoms with Gasteiger partial charge in [-0.25, -0.2) is 4.98 Å². The molecule has 1 aromatic carbocycles. The molecule has 4 N–H and O–H groups in total. The summed E-state index contributed by atoms with van der Waals surface area (Å²) >= 11 is 0. The smallest absolute Gasteiger partial charge is 0.167 e. The molecule has 8 nitrogen and oxygen atoms in total. The lowest BCUT2D eigenvalue weighted by Crippen LogP contribution is -2.27. The first-order chi connectivity index (χ1) is 16.0. The molecule has 1 aliphatic carbocycles. The van der Waals surface area contributed by atoms with E-state index in [9.17, 15) is 5.11 Å². The number of aliphatic hydroxyl groups is 2. The van der Waals surface area contributed by atoms with Crippen LogP contribution in [-0.4, -0.2) is 62.6 Å². The van der Waals surface area contributed by atoms with Crippen molar-refractivity contribution in [2.24, 2.45) is 23.5 Å². The van der Waals surface area contributed by atoms with Gasteiger partial charge in [-0.1, -0.05) is 36.0 Å². The summed E-state index contributed by atoms with van der Waals surface area (Å²) in [6.07, 6.45) is 2.74. The van der Waals surface area contributed by atoms with E-state index in [0.29, 0.717) is 41.6 Å². The molecule has 0 spiro atoms. The van der Waals surface area contributed by atoms with Crippen molar-refractivity contribution in [2.45, 2.75) is 19.1 Å².